The third-order valence-corrected chi connectivity index (χ3v) is 4.48. The van der Waals surface area contributed by atoms with E-state index >= 15 is 0 Å². The summed E-state index contributed by atoms with van der Waals surface area (Å²) in [5.74, 6) is -2.20. The summed E-state index contributed by atoms with van der Waals surface area (Å²) in [6, 6.07) is 11.6. The number of rotatable bonds is 1. The minimum absolute atomic E-state index is 0.0452. The lowest BCUT2D eigenvalue weighted by atomic mass is 9.93. The van der Waals surface area contributed by atoms with Crippen LogP contribution in [0, 0.1) is 0 Å². The van der Waals surface area contributed by atoms with E-state index in [9.17, 15) is 31.1 Å². The number of Topliss-reactive ketones (excluding diaryl/α,β-unsaturated/α-hetero) is 1. The first-order chi connectivity index (χ1) is 13.1. The zero-order valence-electron chi connectivity index (χ0n) is 13.8. The first-order valence-electron chi connectivity index (χ1n) is 8.02. The molecule has 8 heteroatoms. The molecule has 0 aliphatic carbocycles. The van der Waals surface area contributed by atoms with Crippen molar-refractivity contribution < 1.29 is 31.1 Å². The monoisotopic (exact) mass is 393 g/mol. The molecule has 0 saturated heterocycles. The Labute approximate surface area is 153 Å². The number of hydrogen-bond acceptors (Lipinski definition) is 2. The average Bonchev–Trinajstić information content (AvgIpc) is 2.63. The Morgan fingerprint density at radius 2 is 1.32 bits per heavy atom. The highest BCUT2D eigenvalue weighted by Gasteiger charge is 2.41. The van der Waals surface area contributed by atoms with E-state index in [-0.39, 0.29) is 27.2 Å². The lowest BCUT2D eigenvalue weighted by Gasteiger charge is -2.17. The Hall–Kier alpha value is -3.16. The van der Waals surface area contributed by atoms with Crippen LogP contribution < -0.4 is 0 Å². The van der Waals surface area contributed by atoms with E-state index < -0.39 is 34.6 Å². The summed E-state index contributed by atoms with van der Waals surface area (Å²) in [7, 11) is 0. The summed E-state index contributed by atoms with van der Waals surface area (Å²) < 4.78 is 80.8. The number of pyridine rings is 1. The van der Waals surface area contributed by atoms with Gasteiger partial charge in [-0.1, -0.05) is 42.5 Å². The highest BCUT2D eigenvalue weighted by Crippen LogP contribution is 2.42. The van der Waals surface area contributed by atoms with Crippen molar-refractivity contribution in [3.05, 3.63) is 65.7 Å². The summed E-state index contributed by atoms with van der Waals surface area (Å²) in [5.41, 5.74) is -2.00. The Kier molecular flexibility index (Phi) is 3.85. The van der Waals surface area contributed by atoms with Gasteiger partial charge in [-0.3, -0.25) is 4.79 Å². The van der Waals surface area contributed by atoms with Crippen LogP contribution in [-0.2, 0) is 6.18 Å². The van der Waals surface area contributed by atoms with Gasteiger partial charge in [0.2, 0.25) is 0 Å². The van der Waals surface area contributed by atoms with Gasteiger partial charge in [-0.2, -0.15) is 26.3 Å². The Morgan fingerprint density at radius 3 is 1.93 bits per heavy atom. The van der Waals surface area contributed by atoms with E-state index in [0.29, 0.717) is 6.07 Å². The second kappa shape index (κ2) is 5.92. The molecule has 0 aliphatic heterocycles. The Morgan fingerprint density at radius 1 is 0.750 bits per heavy atom. The van der Waals surface area contributed by atoms with Crippen LogP contribution in [0.4, 0.5) is 26.3 Å². The summed E-state index contributed by atoms with van der Waals surface area (Å²) in [5, 5.41) is -0.849. The molecule has 0 radical (unpaired) electrons. The zero-order chi connectivity index (χ0) is 20.3. The number of carbonyl (C=O) groups excluding carboxylic acids is 1. The molecular formula is C20H9F6NO. The van der Waals surface area contributed by atoms with Gasteiger partial charge < -0.3 is 0 Å². The van der Waals surface area contributed by atoms with Crippen LogP contribution in [0.25, 0.3) is 32.6 Å². The van der Waals surface area contributed by atoms with Crippen molar-refractivity contribution in [2.24, 2.45) is 0 Å². The summed E-state index contributed by atoms with van der Waals surface area (Å²) in [4.78, 5) is 16.2. The lowest BCUT2D eigenvalue weighted by Crippen LogP contribution is -2.23. The van der Waals surface area contributed by atoms with Crippen LogP contribution >= 0.6 is 0 Å². The van der Waals surface area contributed by atoms with Crippen molar-refractivity contribution in [1.82, 2.24) is 4.98 Å². The molecule has 1 heterocycles. The highest BCUT2D eigenvalue weighted by atomic mass is 19.4. The molecule has 0 saturated carbocycles. The number of fused-ring (bicyclic) bond motifs is 4. The SMILES string of the molecule is O=C(c1cc2c(C(F)(F)F)c3ccccc3nc2c2ccccc12)C(F)(F)F. The fourth-order valence-electron chi connectivity index (χ4n) is 3.37. The average molecular weight is 393 g/mol. The zero-order valence-corrected chi connectivity index (χ0v) is 13.8. The molecule has 4 rings (SSSR count). The predicted octanol–water partition coefficient (Wildman–Crippen LogP) is 6.31. The number of ketones is 1. The molecule has 0 N–H and O–H groups in total. The van der Waals surface area contributed by atoms with Gasteiger partial charge in [0.15, 0.2) is 0 Å². The van der Waals surface area contributed by atoms with Crippen molar-refractivity contribution in [2.45, 2.75) is 12.4 Å². The first-order valence-corrected chi connectivity index (χ1v) is 8.02. The molecule has 28 heavy (non-hydrogen) atoms. The summed E-state index contributed by atoms with van der Waals surface area (Å²) >= 11 is 0. The largest absolute Gasteiger partial charge is 0.454 e. The van der Waals surface area contributed by atoms with Crippen molar-refractivity contribution >= 4 is 38.4 Å². The maximum atomic E-state index is 13.9. The quantitative estimate of drug-likeness (QED) is 0.164. The van der Waals surface area contributed by atoms with Crippen molar-refractivity contribution in [1.29, 1.82) is 0 Å². The van der Waals surface area contributed by atoms with E-state index in [1.54, 1.807) is 0 Å². The smallest absolute Gasteiger partial charge is 0.284 e. The summed E-state index contributed by atoms with van der Waals surface area (Å²) in [6.07, 6.45) is -10.1. The number of aromatic nitrogens is 1. The molecule has 0 spiro atoms. The molecule has 0 aliphatic rings. The predicted molar refractivity (Wildman–Crippen MR) is 92.1 cm³/mol. The fraction of sp³-hybridized carbons (Fsp3) is 0.100. The van der Waals surface area contributed by atoms with Crippen LogP contribution in [0.3, 0.4) is 0 Å². The van der Waals surface area contributed by atoms with Gasteiger partial charge in [0.1, 0.15) is 0 Å². The van der Waals surface area contributed by atoms with E-state index in [1.165, 1.54) is 48.5 Å². The molecule has 3 aromatic carbocycles. The first kappa shape index (κ1) is 18.2. The number of halogens is 6. The molecule has 142 valence electrons. The molecule has 0 fully saturated rings. The Balaban J connectivity index is 2.28. The lowest BCUT2D eigenvalue weighted by molar-refractivity contribution is -0.135. The van der Waals surface area contributed by atoms with Gasteiger partial charge >= 0.3 is 12.4 Å². The van der Waals surface area contributed by atoms with E-state index in [0.717, 1.165) is 0 Å². The second-order valence-corrected chi connectivity index (χ2v) is 6.19. The van der Waals surface area contributed by atoms with Crippen LogP contribution in [0.2, 0.25) is 0 Å². The van der Waals surface area contributed by atoms with Crippen molar-refractivity contribution in [3.8, 4) is 0 Å². The second-order valence-electron chi connectivity index (χ2n) is 6.19. The number of alkyl halides is 6. The molecule has 0 unspecified atom stereocenters. The van der Waals surface area contributed by atoms with Gasteiger partial charge in [-0.25, -0.2) is 4.98 Å². The molecule has 4 aromatic rings. The highest BCUT2D eigenvalue weighted by molar-refractivity contribution is 6.19. The van der Waals surface area contributed by atoms with Crippen LogP contribution in [0.1, 0.15) is 15.9 Å². The van der Waals surface area contributed by atoms with Crippen LogP contribution in [0.15, 0.2) is 54.6 Å². The minimum Gasteiger partial charge on any atom is -0.284 e. The maximum absolute atomic E-state index is 13.9. The molecule has 0 amide bonds. The van der Waals surface area contributed by atoms with Crippen molar-refractivity contribution in [2.75, 3.05) is 0 Å². The number of benzene rings is 3. The topological polar surface area (TPSA) is 30.0 Å². The third kappa shape index (κ3) is 2.76. The molecule has 0 bridgehead atoms. The third-order valence-electron chi connectivity index (χ3n) is 4.48. The number of carbonyl (C=O) groups is 1. The van der Waals surface area contributed by atoms with Crippen LogP contribution in [0.5, 0.6) is 0 Å². The molecule has 0 atom stereocenters. The molecule has 2 nitrogen and oxygen atoms in total. The van der Waals surface area contributed by atoms with E-state index in [2.05, 4.69) is 4.98 Å². The standard InChI is InChI=1S/C20H9F6NO/c21-19(22,23)16-12-7-3-4-8-15(12)27-17-11-6-2-1-5-10(11)13(9-14(16)17)18(28)20(24,25)26/h1-9H. The van der Waals surface area contributed by atoms with Gasteiger partial charge in [-0.15, -0.1) is 0 Å². The van der Waals surface area contributed by atoms with Gasteiger partial charge in [0, 0.05) is 21.7 Å². The van der Waals surface area contributed by atoms with Gasteiger partial charge in [0.05, 0.1) is 16.6 Å². The fourth-order valence-corrected chi connectivity index (χ4v) is 3.37. The van der Waals surface area contributed by atoms with Gasteiger partial charge in [-0.05, 0) is 17.5 Å². The minimum atomic E-state index is -5.22. The summed E-state index contributed by atoms with van der Waals surface area (Å²) in [6.45, 7) is 0. The van der Waals surface area contributed by atoms with Crippen LogP contribution in [-0.4, -0.2) is 16.9 Å². The van der Waals surface area contributed by atoms with Crippen molar-refractivity contribution in [3.63, 3.8) is 0 Å². The van der Waals surface area contributed by atoms with E-state index in [4.69, 9.17) is 0 Å². The number of nitrogens with zero attached hydrogens (tertiary/aromatic N) is 1. The normalized spacial score (nSPS) is 12.8. The van der Waals surface area contributed by atoms with E-state index in [1.807, 2.05) is 0 Å². The molecule has 1 aromatic heterocycles. The Bertz CT molecular complexity index is 1260. The molecular weight excluding hydrogens is 384 g/mol. The van der Waals surface area contributed by atoms with Gasteiger partial charge in [0.25, 0.3) is 5.78 Å². The number of hydrogen-bond donors (Lipinski definition) is 0. The number of para-hydroxylation sites is 1. The maximum Gasteiger partial charge on any atom is 0.454 e.